The van der Waals surface area contributed by atoms with Crippen LogP contribution in [0.5, 0.6) is 0 Å². The second-order valence-corrected chi connectivity index (χ2v) is 5.00. The molecule has 3 N–H and O–H groups in total. The topological polar surface area (TPSA) is 86.9 Å². The van der Waals surface area contributed by atoms with E-state index in [1.54, 1.807) is 4.90 Å². The minimum absolute atomic E-state index is 0.0465. The number of nitrogens with two attached hydrogens (primary N) is 1. The first kappa shape index (κ1) is 14.9. The van der Waals surface area contributed by atoms with E-state index in [0.717, 1.165) is 13.0 Å². The van der Waals surface area contributed by atoms with Gasteiger partial charge in [0.05, 0.1) is 12.5 Å². The van der Waals surface area contributed by atoms with E-state index in [1.807, 2.05) is 18.7 Å². The van der Waals surface area contributed by atoms with Crippen LogP contribution < -0.4 is 5.73 Å². The molecule has 0 aromatic rings. The highest BCUT2D eigenvalue weighted by Crippen LogP contribution is 2.10. The minimum atomic E-state index is -0.821. The Kier molecular flexibility index (Phi) is 5.55. The van der Waals surface area contributed by atoms with Crippen molar-refractivity contribution in [1.82, 2.24) is 9.80 Å². The summed E-state index contributed by atoms with van der Waals surface area (Å²) in [5, 5.41) is 8.75. The van der Waals surface area contributed by atoms with Gasteiger partial charge in [0, 0.05) is 32.2 Å². The zero-order chi connectivity index (χ0) is 13.7. The van der Waals surface area contributed by atoms with Crippen molar-refractivity contribution < 1.29 is 14.7 Å². The number of nitrogens with zero attached hydrogens (tertiary/aromatic N) is 2. The van der Waals surface area contributed by atoms with Crippen molar-refractivity contribution in [3.8, 4) is 0 Å². The molecule has 1 heterocycles. The molecule has 0 aromatic heterocycles. The molecule has 104 valence electrons. The molecular formula is C12H23N3O3. The van der Waals surface area contributed by atoms with E-state index < -0.39 is 5.97 Å². The van der Waals surface area contributed by atoms with Crippen molar-refractivity contribution in [3.05, 3.63) is 0 Å². The summed E-state index contributed by atoms with van der Waals surface area (Å²) in [5.41, 5.74) is 5.74. The van der Waals surface area contributed by atoms with Gasteiger partial charge in [0.25, 0.3) is 0 Å². The number of carbonyl (C=O) groups is 2. The highest BCUT2D eigenvalue weighted by molar-refractivity contribution is 5.79. The molecule has 0 aromatic carbocycles. The number of carboxylic acids is 1. The molecule has 1 amide bonds. The van der Waals surface area contributed by atoms with E-state index in [2.05, 4.69) is 0 Å². The van der Waals surface area contributed by atoms with Gasteiger partial charge in [0.2, 0.25) is 5.91 Å². The predicted octanol–water partition coefficient (Wildman–Crippen LogP) is -0.411. The molecule has 1 aliphatic rings. The number of hydrogen-bond acceptors (Lipinski definition) is 4. The molecule has 1 aliphatic heterocycles. The van der Waals surface area contributed by atoms with E-state index in [9.17, 15) is 9.59 Å². The maximum Gasteiger partial charge on any atom is 0.317 e. The Balaban J connectivity index is 2.51. The maximum absolute atomic E-state index is 12.1. The quantitative estimate of drug-likeness (QED) is 0.715. The molecule has 2 unspecified atom stereocenters. The molecule has 0 spiro atoms. The minimum Gasteiger partial charge on any atom is -0.480 e. The third kappa shape index (κ3) is 4.27. The molecule has 0 aliphatic carbocycles. The Bertz CT molecular complexity index is 307. The molecule has 1 fully saturated rings. The summed E-state index contributed by atoms with van der Waals surface area (Å²) in [6, 6.07) is -0.157. The van der Waals surface area contributed by atoms with Crippen LogP contribution in [-0.2, 0) is 9.59 Å². The molecule has 2 atom stereocenters. The van der Waals surface area contributed by atoms with E-state index >= 15 is 0 Å². The molecule has 0 bridgehead atoms. The van der Waals surface area contributed by atoms with Crippen LogP contribution in [0.15, 0.2) is 0 Å². The standard InChI is InChI=1S/C12H23N3O3/c1-9(10(2)13)12(18)15-5-3-4-14(6-7-15)8-11(16)17/h9-10H,3-8,13H2,1-2H3,(H,16,17). The lowest BCUT2D eigenvalue weighted by Crippen LogP contribution is -2.43. The Morgan fingerprint density at radius 1 is 1.22 bits per heavy atom. The van der Waals surface area contributed by atoms with E-state index in [4.69, 9.17) is 10.8 Å². The van der Waals surface area contributed by atoms with Gasteiger partial charge in [-0.25, -0.2) is 0 Å². The van der Waals surface area contributed by atoms with Gasteiger partial charge in [-0.3, -0.25) is 14.5 Å². The molecular weight excluding hydrogens is 234 g/mol. The van der Waals surface area contributed by atoms with Crippen molar-refractivity contribution in [2.45, 2.75) is 26.3 Å². The molecule has 18 heavy (non-hydrogen) atoms. The second-order valence-electron chi connectivity index (χ2n) is 5.00. The fourth-order valence-electron chi connectivity index (χ4n) is 2.05. The molecule has 1 rings (SSSR count). The molecule has 6 heteroatoms. The Hall–Kier alpha value is -1.14. The van der Waals surface area contributed by atoms with Crippen molar-refractivity contribution in [2.75, 3.05) is 32.7 Å². The summed E-state index contributed by atoms with van der Waals surface area (Å²) in [7, 11) is 0. The summed E-state index contributed by atoms with van der Waals surface area (Å²) >= 11 is 0. The first-order valence-corrected chi connectivity index (χ1v) is 6.40. The normalized spacial score (nSPS) is 21.2. The van der Waals surface area contributed by atoms with Crippen molar-refractivity contribution >= 4 is 11.9 Å². The zero-order valence-electron chi connectivity index (χ0n) is 11.1. The van der Waals surface area contributed by atoms with Gasteiger partial charge in [-0.15, -0.1) is 0 Å². The van der Waals surface area contributed by atoms with Gasteiger partial charge in [-0.2, -0.15) is 0 Å². The van der Waals surface area contributed by atoms with Gasteiger partial charge in [-0.05, 0) is 13.3 Å². The lowest BCUT2D eigenvalue weighted by Gasteiger charge is -2.26. The summed E-state index contributed by atoms with van der Waals surface area (Å²) in [5.74, 6) is -0.933. The average Bonchev–Trinajstić information content (AvgIpc) is 2.51. The van der Waals surface area contributed by atoms with Crippen molar-refractivity contribution in [3.63, 3.8) is 0 Å². The fourth-order valence-corrected chi connectivity index (χ4v) is 2.05. The van der Waals surface area contributed by atoms with Gasteiger partial charge in [-0.1, -0.05) is 6.92 Å². The van der Waals surface area contributed by atoms with Gasteiger partial charge < -0.3 is 15.7 Å². The number of carboxylic acid groups (broad SMARTS) is 1. The molecule has 0 saturated carbocycles. The van der Waals surface area contributed by atoms with Crippen LogP contribution in [0.25, 0.3) is 0 Å². The smallest absolute Gasteiger partial charge is 0.317 e. The van der Waals surface area contributed by atoms with Crippen LogP contribution in [-0.4, -0.2) is 65.5 Å². The third-order valence-corrected chi connectivity index (χ3v) is 3.44. The SMILES string of the molecule is CC(N)C(C)C(=O)N1CCCN(CC(=O)O)CC1. The Labute approximate surface area is 108 Å². The highest BCUT2D eigenvalue weighted by Gasteiger charge is 2.25. The largest absolute Gasteiger partial charge is 0.480 e. The highest BCUT2D eigenvalue weighted by atomic mass is 16.4. The second kappa shape index (κ2) is 6.70. The lowest BCUT2D eigenvalue weighted by atomic mass is 10.0. The van der Waals surface area contributed by atoms with Crippen LogP contribution in [0.2, 0.25) is 0 Å². The van der Waals surface area contributed by atoms with Crippen LogP contribution >= 0.6 is 0 Å². The summed E-state index contributed by atoms with van der Waals surface area (Å²) < 4.78 is 0. The van der Waals surface area contributed by atoms with Crippen LogP contribution in [0.4, 0.5) is 0 Å². The third-order valence-electron chi connectivity index (χ3n) is 3.44. The molecule has 1 saturated heterocycles. The van der Waals surface area contributed by atoms with E-state index in [0.29, 0.717) is 19.6 Å². The van der Waals surface area contributed by atoms with Crippen molar-refractivity contribution in [2.24, 2.45) is 11.7 Å². The fraction of sp³-hybridized carbons (Fsp3) is 0.833. The lowest BCUT2D eigenvalue weighted by molar-refractivity contribution is -0.138. The zero-order valence-corrected chi connectivity index (χ0v) is 11.1. The molecule has 6 nitrogen and oxygen atoms in total. The number of amides is 1. The average molecular weight is 257 g/mol. The summed E-state index contributed by atoms with van der Waals surface area (Å²) in [6.07, 6.45) is 0.810. The van der Waals surface area contributed by atoms with Gasteiger partial charge >= 0.3 is 5.97 Å². The first-order chi connectivity index (χ1) is 8.41. The van der Waals surface area contributed by atoms with Gasteiger partial charge in [0.1, 0.15) is 0 Å². The maximum atomic E-state index is 12.1. The Morgan fingerprint density at radius 3 is 2.44 bits per heavy atom. The number of aliphatic carboxylic acids is 1. The first-order valence-electron chi connectivity index (χ1n) is 6.40. The number of hydrogen-bond donors (Lipinski definition) is 2. The predicted molar refractivity (Wildman–Crippen MR) is 68.1 cm³/mol. The van der Waals surface area contributed by atoms with Crippen LogP contribution in [0.1, 0.15) is 20.3 Å². The summed E-state index contributed by atoms with van der Waals surface area (Å²) in [6.45, 7) is 6.33. The summed E-state index contributed by atoms with van der Waals surface area (Å²) in [4.78, 5) is 26.5. The van der Waals surface area contributed by atoms with E-state index in [1.165, 1.54) is 0 Å². The van der Waals surface area contributed by atoms with Gasteiger partial charge in [0.15, 0.2) is 0 Å². The molecule has 0 radical (unpaired) electrons. The monoisotopic (exact) mass is 257 g/mol. The van der Waals surface area contributed by atoms with Crippen LogP contribution in [0, 0.1) is 5.92 Å². The van der Waals surface area contributed by atoms with Crippen molar-refractivity contribution in [1.29, 1.82) is 0 Å². The number of rotatable bonds is 4. The Morgan fingerprint density at radius 2 is 1.89 bits per heavy atom. The van der Waals surface area contributed by atoms with E-state index in [-0.39, 0.29) is 24.4 Å². The van der Waals surface area contributed by atoms with Crippen LogP contribution in [0.3, 0.4) is 0 Å². The number of carbonyl (C=O) groups excluding carboxylic acids is 1.